The molecule has 124 valence electrons. The Labute approximate surface area is 142 Å². The summed E-state index contributed by atoms with van der Waals surface area (Å²) in [5, 5.41) is 0. The van der Waals surface area contributed by atoms with Crippen LogP contribution in [0.1, 0.15) is 40.7 Å². The fourth-order valence-corrected chi connectivity index (χ4v) is 3.78. The maximum Gasteiger partial charge on any atom is 0.255 e. The number of fused-ring (bicyclic) bond motifs is 1. The third-order valence-corrected chi connectivity index (χ3v) is 5.38. The van der Waals surface area contributed by atoms with Crippen molar-refractivity contribution < 1.29 is 9.53 Å². The molecule has 1 fully saturated rings. The Balaban J connectivity index is 1.46. The highest BCUT2D eigenvalue weighted by atomic mass is 16.5. The van der Waals surface area contributed by atoms with Crippen LogP contribution < -0.4 is 4.74 Å². The number of aromatic nitrogens is 1. The zero-order valence-corrected chi connectivity index (χ0v) is 14.0. The van der Waals surface area contributed by atoms with Gasteiger partial charge in [-0.05, 0) is 43.0 Å². The number of carbonyl (C=O) groups excluding carboxylic acids is 1. The predicted octanol–water partition coefficient (Wildman–Crippen LogP) is 3.39. The van der Waals surface area contributed by atoms with E-state index in [0.717, 1.165) is 50.1 Å². The van der Waals surface area contributed by atoms with Gasteiger partial charge in [0.2, 0.25) is 0 Å². The molecule has 1 spiro atoms. The van der Waals surface area contributed by atoms with E-state index in [1.165, 1.54) is 5.56 Å². The SMILES string of the molecule is Cc1ccncc1C(=O)N1CCC2(CCc3ccccc3O2)CC1. The van der Waals surface area contributed by atoms with Crippen molar-refractivity contribution in [3.63, 3.8) is 0 Å². The van der Waals surface area contributed by atoms with Crippen LogP contribution in [0.3, 0.4) is 0 Å². The molecule has 4 heteroatoms. The number of benzene rings is 1. The number of carbonyl (C=O) groups is 1. The molecule has 2 aromatic rings. The van der Waals surface area contributed by atoms with Gasteiger partial charge in [-0.3, -0.25) is 9.78 Å². The molecule has 3 heterocycles. The molecule has 4 rings (SSSR count). The van der Waals surface area contributed by atoms with Gasteiger partial charge < -0.3 is 9.64 Å². The molecular formula is C20H22N2O2. The first-order chi connectivity index (χ1) is 11.7. The molecule has 4 nitrogen and oxygen atoms in total. The number of aryl methyl sites for hydroxylation is 2. The monoisotopic (exact) mass is 322 g/mol. The summed E-state index contributed by atoms with van der Waals surface area (Å²) in [6.07, 6.45) is 7.29. The van der Waals surface area contributed by atoms with Crippen molar-refractivity contribution >= 4 is 5.91 Å². The summed E-state index contributed by atoms with van der Waals surface area (Å²) in [4.78, 5) is 18.8. The van der Waals surface area contributed by atoms with Gasteiger partial charge in [0, 0.05) is 38.3 Å². The molecule has 0 saturated carbocycles. The number of pyridine rings is 1. The standard InChI is InChI=1S/C20H22N2O2/c1-15-7-11-21-14-17(15)19(23)22-12-9-20(10-13-22)8-6-16-4-2-3-5-18(16)24-20/h2-5,7,11,14H,6,8-10,12-13H2,1H3. The lowest BCUT2D eigenvalue weighted by molar-refractivity contribution is -0.0107. The molecule has 0 aliphatic carbocycles. The fraction of sp³-hybridized carbons (Fsp3) is 0.400. The molecule has 1 saturated heterocycles. The van der Waals surface area contributed by atoms with E-state index >= 15 is 0 Å². The van der Waals surface area contributed by atoms with Crippen molar-refractivity contribution in [2.75, 3.05) is 13.1 Å². The molecule has 0 unspecified atom stereocenters. The second-order valence-corrected chi connectivity index (χ2v) is 6.88. The average molecular weight is 322 g/mol. The first kappa shape index (κ1) is 15.2. The lowest BCUT2D eigenvalue weighted by atomic mass is 9.83. The number of para-hydroxylation sites is 1. The second-order valence-electron chi connectivity index (χ2n) is 6.88. The summed E-state index contributed by atoms with van der Waals surface area (Å²) < 4.78 is 6.37. The first-order valence-electron chi connectivity index (χ1n) is 8.64. The van der Waals surface area contributed by atoms with E-state index in [2.05, 4.69) is 23.2 Å². The van der Waals surface area contributed by atoms with E-state index < -0.39 is 0 Å². The Kier molecular flexibility index (Phi) is 3.75. The summed E-state index contributed by atoms with van der Waals surface area (Å²) in [5.74, 6) is 1.11. The lowest BCUT2D eigenvalue weighted by Crippen LogP contribution is -2.51. The minimum atomic E-state index is -0.102. The normalized spacial score (nSPS) is 18.8. The number of amides is 1. The summed E-state index contributed by atoms with van der Waals surface area (Å²) in [7, 11) is 0. The first-order valence-corrected chi connectivity index (χ1v) is 8.64. The van der Waals surface area contributed by atoms with Gasteiger partial charge in [-0.15, -0.1) is 0 Å². The topological polar surface area (TPSA) is 42.4 Å². The van der Waals surface area contributed by atoms with Crippen molar-refractivity contribution in [1.82, 2.24) is 9.88 Å². The van der Waals surface area contributed by atoms with Crippen molar-refractivity contribution in [3.8, 4) is 5.75 Å². The van der Waals surface area contributed by atoms with Gasteiger partial charge >= 0.3 is 0 Å². The van der Waals surface area contributed by atoms with Crippen LogP contribution in [0, 0.1) is 6.92 Å². The molecule has 0 N–H and O–H groups in total. The Morgan fingerprint density at radius 1 is 1.17 bits per heavy atom. The van der Waals surface area contributed by atoms with Crippen LogP contribution >= 0.6 is 0 Å². The zero-order valence-electron chi connectivity index (χ0n) is 14.0. The molecule has 1 amide bonds. The maximum atomic E-state index is 12.7. The number of ether oxygens (including phenoxy) is 1. The summed E-state index contributed by atoms with van der Waals surface area (Å²) in [6, 6.07) is 10.2. The van der Waals surface area contributed by atoms with Crippen LogP contribution in [-0.4, -0.2) is 34.5 Å². The average Bonchev–Trinajstić information content (AvgIpc) is 2.62. The Hall–Kier alpha value is -2.36. The van der Waals surface area contributed by atoms with E-state index in [1.807, 2.05) is 24.0 Å². The highest BCUT2D eigenvalue weighted by Crippen LogP contribution is 2.39. The number of piperidine rings is 1. The van der Waals surface area contributed by atoms with E-state index in [0.29, 0.717) is 5.56 Å². The van der Waals surface area contributed by atoms with Gasteiger partial charge in [0.15, 0.2) is 0 Å². The zero-order chi connectivity index (χ0) is 16.6. The number of nitrogens with zero attached hydrogens (tertiary/aromatic N) is 2. The molecule has 0 radical (unpaired) electrons. The molecule has 0 atom stereocenters. The van der Waals surface area contributed by atoms with Gasteiger partial charge in [-0.25, -0.2) is 0 Å². The highest BCUT2D eigenvalue weighted by molar-refractivity contribution is 5.95. The molecule has 2 aliphatic heterocycles. The lowest BCUT2D eigenvalue weighted by Gasteiger charge is -2.44. The quantitative estimate of drug-likeness (QED) is 0.808. The van der Waals surface area contributed by atoms with Crippen molar-refractivity contribution in [1.29, 1.82) is 0 Å². The second kappa shape index (κ2) is 5.93. The molecule has 1 aromatic carbocycles. The molecule has 2 aliphatic rings. The minimum absolute atomic E-state index is 0.0895. The molecule has 1 aromatic heterocycles. The number of rotatable bonds is 1. The van der Waals surface area contributed by atoms with Gasteiger partial charge in [-0.1, -0.05) is 18.2 Å². The van der Waals surface area contributed by atoms with Crippen LogP contribution in [0.2, 0.25) is 0 Å². The van der Waals surface area contributed by atoms with E-state index in [4.69, 9.17) is 4.74 Å². The van der Waals surface area contributed by atoms with Crippen molar-refractivity contribution in [2.45, 2.75) is 38.2 Å². The van der Waals surface area contributed by atoms with Crippen molar-refractivity contribution in [3.05, 3.63) is 59.4 Å². The Bertz CT molecular complexity index is 764. The fourth-order valence-electron chi connectivity index (χ4n) is 3.78. The molecule has 0 bridgehead atoms. The van der Waals surface area contributed by atoms with Crippen LogP contribution in [0.5, 0.6) is 5.75 Å². The van der Waals surface area contributed by atoms with Crippen LogP contribution in [0.15, 0.2) is 42.7 Å². The molecular weight excluding hydrogens is 300 g/mol. The van der Waals surface area contributed by atoms with Crippen molar-refractivity contribution in [2.24, 2.45) is 0 Å². The largest absolute Gasteiger partial charge is 0.487 e. The van der Waals surface area contributed by atoms with Crippen LogP contribution in [0.25, 0.3) is 0 Å². The summed E-state index contributed by atoms with van der Waals surface area (Å²) >= 11 is 0. The van der Waals surface area contributed by atoms with Gasteiger partial charge in [0.1, 0.15) is 11.4 Å². The van der Waals surface area contributed by atoms with E-state index in [-0.39, 0.29) is 11.5 Å². The maximum absolute atomic E-state index is 12.7. The minimum Gasteiger partial charge on any atom is -0.487 e. The Morgan fingerprint density at radius 3 is 2.75 bits per heavy atom. The van der Waals surface area contributed by atoms with Gasteiger partial charge in [-0.2, -0.15) is 0 Å². The van der Waals surface area contributed by atoms with Gasteiger partial charge in [0.05, 0.1) is 5.56 Å². The molecule has 24 heavy (non-hydrogen) atoms. The number of likely N-dealkylation sites (tertiary alicyclic amines) is 1. The third kappa shape index (κ3) is 2.66. The summed E-state index contributed by atoms with van der Waals surface area (Å²) in [5.41, 5.74) is 2.89. The Morgan fingerprint density at radius 2 is 1.96 bits per heavy atom. The third-order valence-electron chi connectivity index (χ3n) is 5.38. The van der Waals surface area contributed by atoms with E-state index in [9.17, 15) is 4.79 Å². The van der Waals surface area contributed by atoms with Crippen LogP contribution in [-0.2, 0) is 6.42 Å². The number of hydrogen-bond donors (Lipinski definition) is 0. The highest BCUT2D eigenvalue weighted by Gasteiger charge is 2.40. The van der Waals surface area contributed by atoms with Crippen LogP contribution in [0.4, 0.5) is 0 Å². The smallest absolute Gasteiger partial charge is 0.255 e. The summed E-state index contributed by atoms with van der Waals surface area (Å²) in [6.45, 7) is 3.45. The van der Waals surface area contributed by atoms with Gasteiger partial charge in [0.25, 0.3) is 5.91 Å². The van der Waals surface area contributed by atoms with E-state index in [1.54, 1.807) is 12.4 Å². The predicted molar refractivity (Wildman–Crippen MR) is 92.2 cm³/mol. The number of hydrogen-bond acceptors (Lipinski definition) is 3.